The summed E-state index contributed by atoms with van der Waals surface area (Å²) in [7, 11) is 1.38. The molecule has 66 valence electrons. The molecule has 0 bridgehead atoms. The van der Waals surface area contributed by atoms with E-state index in [0.29, 0.717) is 5.56 Å². The number of aliphatic carboxylic acids is 1. The predicted octanol–water partition coefficient (Wildman–Crippen LogP) is -1.42. The summed E-state index contributed by atoms with van der Waals surface area (Å²) < 4.78 is 4.80. The van der Waals surface area contributed by atoms with Crippen molar-refractivity contribution >= 4 is 5.97 Å². The van der Waals surface area contributed by atoms with Crippen LogP contribution < -0.4 is 29.6 Å². The van der Waals surface area contributed by atoms with Crippen LogP contribution in [0.25, 0.3) is 0 Å². The first-order chi connectivity index (χ1) is 5.75. The summed E-state index contributed by atoms with van der Waals surface area (Å²) in [5, 5.41) is 8.70. The van der Waals surface area contributed by atoms with E-state index in [1.807, 2.05) is 6.07 Å². The number of rotatable bonds is 3. The fourth-order valence-corrected chi connectivity index (χ4v) is 1.01. The molecule has 0 saturated carbocycles. The standard InChI is InChI=1S/C9H10O3.Na.H/c1-12-8(9(10)11)7-5-3-2-4-6-7;;/h2-6,8H,1H3,(H,10,11);;/q;+1;-1. The molecule has 0 aliphatic rings. The quantitative estimate of drug-likeness (QED) is 0.595. The molecule has 0 heterocycles. The van der Waals surface area contributed by atoms with Crippen molar-refractivity contribution in [3.63, 3.8) is 0 Å². The van der Waals surface area contributed by atoms with Gasteiger partial charge in [-0.3, -0.25) is 0 Å². The average Bonchev–Trinajstić information content (AvgIpc) is 2.07. The maximum Gasteiger partial charge on any atom is 1.00 e. The zero-order valence-corrected chi connectivity index (χ0v) is 9.73. The van der Waals surface area contributed by atoms with E-state index >= 15 is 0 Å². The van der Waals surface area contributed by atoms with Gasteiger partial charge in [0.1, 0.15) is 0 Å². The zero-order valence-electron chi connectivity index (χ0n) is 8.73. The second-order valence-corrected chi connectivity index (χ2v) is 2.36. The van der Waals surface area contributed by atoms with Gasteiger partial charge in [0.05, 0.1) is 0 Å². The Bertz CT molecular complexity index is 266. The number of hydrogen-bond acceptors (Lipinski definition) is 2. The van der Waals surface area contributed by atoms with Gasteiger partial charge in [-0.05, 0) is 5.56 Å². The minimum atomic E-state index is -0.969. The molecule has 0 saturated heterocycles. The molecule has 1 unspecified atom stereocenters. The fraction of sp³-hybridized carbons (Fsp3) is 0.222. The van der Waals surface area contributed by atoms with E-state index in [9.17, 15) is 4.79 Å². The van der Waals surface area contributed by atoms with Crippen molar-refractivity contribution in [1.82, 2.24) is 0 Å². The Morgan fingerprint density at radius 1 is 1.46 bits per heavy atom. The Labute approximate surface area is 100 Å². The van der Waals surface area contributed by atoms with Crippen LogP contribution in [-0.2, 0) is 9.53 Å². The summed E-state index contributed by atoms with van der Waals surface area (Å²) in [6.07, 6.45) is -0.855. The van der Waals surface area contributed by atoms with Gasteiger partial charge in [-0.15, -0.1) is 0 Å². The number of benzene rings is 1. The Kier molecular flexibility index (Phi) is 5.99. The van der Waals surface area contributed by atoms with Crippen LogP contribution in [0.4, 0.5) is 0 Å². The minimum Gasteiger partial charge on any atom is -1.00 e. The van der Waals surface area contributed by atoms with Crippen molar-refractivity contribution < 1.29 is 45.6 Å². The van der Waals surface area contributed by atoms with Crippen LogP contribution in [0, 0.1) is 0 Å². The van der Waals surface area contributed by atoms with Crippen molar-refractivity contribution in [3.05, 3.63) is 35.9 Å². The molecule has 1 N–H and O–H groups in total. The third-order valence-corrected chi connectivity index (χ3v) is 1.56. The summed E-state index contributed by atoms with van der Waals surface area (Å²) in [4.78, 5) is 10.6. The molecular formula is C9H11NaO3. The van der Waals surface area contributed by atoms with E-state index < -0.39 is 12.1 Å². The monoisotopic (exact) mass is 190 g/mol. The van der Waals surface area contributed by atoms with E-state index in [0.717, 1.165) is 0 Å². The van der Waals surface area contributed by atoms with Crippen molar-refractivity contribution in [3.8, 4) is 0 Å². The van der Waals surface area contributed by atoms with Gasteiger partial charge >= 0.3 is 35.5 Å². The molecule has 4 heteroatoms. The maximum absolute atomic E-state index is 10.6. The van der Waals surface area contributed by atoms with Crippen LogP contribution in [-0.4, -0.2) is 18.2 Å². The van der Waals surface area contributed by atoms with E-state index in [-0.39, 0.29) is 31.0 Å². The van der Waals surface area contributed by atoms with Crippen LogP contribution in [0.1, 0.15) is 13.1 Å². The minimum absolute atomic E-state index is 0. The Morgan fingerprint density at radius 3 is 2.38 bits per heavy atom. The van der Waals surface area contributed by atoms with Gasteiger partial charge in [-0.1, -0.05) is 30.3 Å². The third-order valence-electron chi connectivity index (χ3n) is 1.56. The number of carbonyl (C=O) groups is 1. The number of ether oxygens (including phenoxy) is 1. The van der Waals surface area contributed by atoms with Crippen molar-refractivity contribution in [1.29, 1.82) is 0 Å². The Morgan fingerprint density at radius 2 is 2.00 bits per heavy atom. The summed E-state index contributed by atoms with van der Waals surface area (Å²) >= 11 is 0. The molecule has 1 aromatic carbocycles. The molecule has 0 radical (unpaired) electrons. The smallest absolute Gasteiger partial charge is 1.00 e. The first kappa shape index (κ1) is 12.7. The predicted molar refractivity (Wildman–Crippen MR) is 44.9 cm³/mol. The van der Waals surface area contributed by atoms with Gasteiger partial charge in [-0.2, -0.15) is 0 Å². The summed E-state index contributed by atoms with van der Waals surface area (Å²) in [5.41, 5.74) is 0.660. The van der Waals surface area contributed by atoms with E-state index in [1.165, 1.54) is 7.11 Å². The molecule has 0 aliphatic heterocycles. The van der Waals surface area contributed by atoms with Gasteiger partial charge in [0, 0.05) is 7.11 Å². The van der Waals surface area contributed by atoms with Gasteiger partial charge in [0.15, 0.2) is 6.10 Å². The van der Waals surface area contributed by atoms with Crippen LogP contribution >= 0.6 is 0 Å². The second kappa shape index (κ2) is 6.16. The van der Waals surface area contributed by atoms with Crippen molar-refractivity contribution in [2.45, 2.75) is 6.10 Å². The van der Waals surface area contributed by atoms with Crippen molar-refractivity contribution in [2.75, 3.05) is 7.11 Å². The SMILES string of the molecule is COC(C(=O)O)c1ccccc1.[H-].[Na+]. The number of hydrogen-bond donors (Lipinski definition) is 1. The Hall–Kier alpha value is -0.350. The molecule has 0 aromatic heterocycles. The number of carboxylic acids is 1. The molecule has 0 spiro atoms. The molecule has 0 fully saturated rings. The van der Waals surface area contributed by atoms with Crippen LogP contribution in [0.15, 0.2) is 30.3 Å². The molecule has 1 rings (SSSR count). The molecular weight excluding hydrogens is 179 g/mol. The molecule has 13 heavy (non-hydrogen) atoms. The first-order valence-corrected chi connectivity index (χ1v) is 3.56. The molecule has 0 aliphatic carbocycles. The summed E-state index contributed by atoms with van der Waals surface area (Å²) in [6.45, 7) is 0. The van der Waals surface area contributed by atoms with Gasteiger partial charge in [-0.25, -0.2) is 4.79 Å². The van der Waals surface area contributed by atoms with E-state index in [1.54, 1.807) is 24.3 Å². The fourth-order valence-electron chi connectivity index (χ4n) is 1.01. The van der Waals surface area contributed by atoms with E-state index in [4.69, 9.17) is 9.84 Å². The molecule has 0 amide bonds. The molecule has 1 atom stereocenters. The van der Waals surface area contributed by atoms with Crippen LogP contribution in [0.2, 0.25) is 0 Å². The maximum atomic E-state index is 10.6. The second-order valence-electron chi connectivity index (χ2n) is 2.36. The summed E-state index contributed by atoms with van der Waals surface area (Å²) in [6, 6.07) is 8.84. The normalized spacial score (nSPS) is 11.5. The van der Waals surface area contributed by atoms with Gasteiger partial charge in [0.2, 0.25) is 0 Å². The zero-order chi connectivity index (χ0) is 8.97. The Balaban J connectivity index is 0. The first-order valence-electron chi connectivity index (χ1n) is 3.56. The van der Waals surface area contributed by atoms with Gasteiger partial charge < -0.3 is 11.3 Å². The number of carboxylic acid groups (broad SMARTS) is 1. The topological polar surface area (TPSA) is 46.5 Å². The number of methoxy groups -OCH3 is 1. The molecule has 1 aromatic rings. The van der Waals surface area contributed by atoms with E-state index in [2.05, 4.69) is 0 Å². The van der Waals surface area contributed by atoms with Crippen LogP contribution in [0.5, 0.6) is 0 Å². The third kappa shape index (κ3) is 3.48. The average molecular weight is 190 g/mol. The van der Waals surface area contributed by atoms with Crippen molar-refractivity contribution in [2.24, 2.45) is 0 Å². The molecule has 3 nitrogen and oxygen atoms in total. The van der Waals surface area contributed by atoms with Gasteiger partial charge in [0.25, 0.3) is 0 Å². The van der Waals surface area contributed by atoms with Crippen LogP contribution in [0.3, 0.4) is 0 Å². The largest absolute Gasteiger partial charge is 1.00 e. The summed E-state index contributed by atoms with van der Waals surface area (Å²) in [5.74, 6) is -0.969.